The summed E-state index contributed by atoms with van der Waals surface area (Å²) in [6, 6.07) is 8.03. The number of aromatic nitrogens is 1. The van der Waals surface area contributed by atoms with Crippen molar-refractivity contribution in [2.45, 2.75) is 37.1 Å². The average molecular weight is 451 g/mol. The molecule has 1 amide bonds. The smallest absolute Gasteiger partial charge is 0.253 e. The minimum Gasteiger partial charge on any atom is -0.357 e. The summed E-state index contributed by atoms with van der Waals surface area (Å²) in [5, 5.41) is 2.98. The molecule has 30 heavy (non-hydrogen) atoms. The highest BCUT2D eigenvalue weighted by Gasteiger charge is 2.20. The first-order valence-electron chi connectivity index (χ1n) is 9.99. The number of hydrogen-bond acceptors (Lipinski definition) is 5. The fourth-order valence-corrected chi connectivity index (χ4v) is 4.47. The molecule has 3 rings (SSSR count). The Morgan fingerprint density at radius 1 is 1.13 bits per heavy atom. The molecule has 1 fully saturated rings. The van der Waals surface area contributed by atoms with Gasteiger partial charge >= 0.3 is 0 Å². The highest BCUT2D eigenvalue weighted by molar-refractivity contribution is 7.89. The Hall–Kier alpha value is -2.16. The lowest BCUT2D eigenvalue weighted by molar-refractivity contribution is 0.0951. The van der Waals surface area contributed by atoms with Gasteiger partial charge < -0.3 is 10.2 Å². The maximum atomic E-state index is 12.6. The Morgan fingerprint density at radius 3 is 2.43 bits per heavy atom. The lowest BCUT2D eigenvalue weighted by Crippen LogP contribution is -2.26. The van der Waals surface area contributed by atoms with Crippen LogP contribution in [0.15, 0.2) is 41.4 Å². The summed E-state index contributed by atoms with van der Waals surface area (Å²) in [6.45, 7) is 2.31. The molecule has 2 aromatic rings. The van der Waals surface area contributed by atoms with Crippen molar-refractivity contribution in [3.63, 3.8) is 0 Å². The Morgan fingerprint density at radius 2 is 1.83 bits per heavy atom. The average Bonchev–Trinajstić information content (AvgIpc) is 3.02. The maximum absolute atomic E-state index is 12.6. The Kier molecular flexibility index (Phi) is 7.33. The van der Waals surface area contributed by atoms with Gasteiger partial charge in [0.1, 0.15) is 5.82 Å². The predicted molar refractivity (Wildman–Crippen MR) is 118 cm³/mol. The fourth-order valence-electron chi connectivity index (χ4n) is 3.34. The Bertz CT molecular complexity index is 986. The first-order valence-corrected chi connectivity index (χ1v) is 11.8. The number of carbonyl (C=O) groups excluding carboxylic acids is 1. The van der Waals surface area contributed by atoms with E-state index in [-0.39, 0.29) is 22.0 Å². The van der Waals surface area contributed by atoms with Crippen molar-refractivity contribution in [3.05, 3.63) is 52.7 Å². The van der Waals surface area contributed by atoms with Gasteiger partial charge in [0.05, 0.1) is 15.5 Å². The number of sulfonamides is 1. The van der Waals surface area contributed by atoms with Gasteiger partial charge in [0.15, 0.2) is 0 Å². The molecular formula is C21H27ClN4O3S. The number of halogens is 1. The second-order valence-corrected chi connectivity index (χ2v) is 10.1. The van der Waals surface area contributed by atoms with Crippen molar-refractivity contribution in [1.29, 1.82) is 0 Å². The summed E-state index contributed by atoms with van der Waals surface area (Å²) >= 11 is 6.14. The summed E-state index contributed by atoms with van der Waals surface area (Å²) in [4.78, 5) is 19.5. The van der Waals surface area contributed by atoms with Gasteiger partial charge in [-0.15, -0.1) is 0 Å². The van der Waals surface area contributed by atoms with Crippen LogP contribution in [0, 0.1) is 0 Å². The number of nitrogens with one attached hydrogen (secondary N) is 1. The molecule has 0 unspecified atom stereocenters. The number of nitrogens with zero attached hydrogens (tertiary/aromatic N) is 3. The fraction of sp³-hybridized carbons (Fsp3) is 0.429. The number of rotatable bonds is 6. The van der Waals surface area contributed by atoms with Crippen LogP contribution in [0.4, 0.5) is 5.82 Å². The number of hydrogen-bond donors (Lipinski definition) is 1. The van der Waals surface area contributed by atoms with E-state index in [4.69, 9.17) is 11.6 Å². The largest absolute Gasteiger partial charge is 0.357 e. The Balaban J connectivity index is 1.67. The van der Waals surface area contributed by atoms with Crippen molar-refractivity contribution in [2.24, 2.45) is 0 Å². The van der Waals surface area contributed by atoms with Crippen molar-refractivity contribution in [2.75, 3.05) is 32.1 Å². The highest BCUT2D eigenvalue weighted by atomic mass is 35.5. The van der Waals surface area contributed by atoms with Crippen LogP contribution >= 0.6 is 11.6 Å². The maximum Gasteiger partial charge on any atom is 0.253 e. The molecule has 7 nitrogen and oxygen atoms in total. The molecule has 1 aromatic heterocycles. The second-order valence-electron chi connectivity index (χ2n) is 7.54. The van der Waals surface area contributed by atoms with Crippen LogP contribution in [-0.2, 0) is 16.6 Å². The van der Waals surface area contributed by atoms with Crippen LogP contribution < -0.4 is 10.2 Å². The molecular weight excluding hydrogens is 424 g/mol. The second kappa shape index (κ2) is 9.76. The molecule has 1 aliphatic heterocycles. The molecule has 0 saturated carbocycles. The molecule has 0 aliphatic carbocycles. The molecule has 2 heterocycles. The lowest BCUT2D eigenvalue weighted by Gasteiger charge is -2.21. The molecule has 0 bridgehead atoms. The third-order valence-corrected chi connectivity index (χ3v) is 7.29. The SMILES string of the molecule is CN(C)S(=O)(=O)c1ccc(Cl)c(C(=O)NCc2ccc(N3CCCCCC3)nc2)c1. The van der Waals surface area contributed by atoms with E-state index in [2.05, 4.69) is 15.2 Å². The van der Waals surface area contributed by atoms with Crippen molar-refractivity contribution in [3.8, 4) is 0 Å². The molecule has 0 spiro atoms. The van der Waals surface area contributed by atoms with E-state index in [1.165, 1.54) is 58.0 Å². The van der Waals surface area contributed by atoms with Gasteiger partial charge in [-0.05, 0) is 42.7 Å². The zero-order chi connectivity index (χ0) is 21.7. The molecule has 0 atom stereocenters. The van der Waals surface area contributed by atoms with E-state index >= 15 is 0 Å². The van der Waals surface area contributed by atoms with Crippen molar-refractivity contribution < 1.29 is 13.2 Å². The van der Waals surface area contributed by atoms with E-state index in [1.807, 2.05) is 12.1 Å². The van der Waals surface area contributed by atoms with Crippen molar-refractivity contribution in [1.82, 2.24) is 14.6 Å². The number of anilines is 1. The molecule has 1 aliphatic rings. The molecule has 1 aromatic carbocycles. The minimum absolute atomic E-state index is 0.0190. The quantitative estimate of drug-likeness (QED) is 0.730. The summed E-state index contributed by atoms with van der Waals surface area (Å²) in [7, 11) is -0.782. The van der Waals surface area contributed by atoms with Crippen LogP contribution in [0.3, 0.4) is 0 Å². The van der Waals surface area contributed by atoms with Crippen LogP contribution in [0.2, 0.25) is 5.02 Å². The van der Waals surface area contributed by atoms with Crippen molar-refractivity contribution >= 4 is 33.3 Å². The van der Waals surface area contributed by atoms with Crippen LogP contribution in [-0.4, -0.2) is 50.8 Å². The Labute approximate surface area is 183 Å². The standard InChI is InChI=1S/C21H27ClN4O3S/c1-25(2)30(28,29)17-8-9-19(22)18(13-17)21(27)24-15-16-7-10-20(23-14-16)26-11-5-3-4-6-12-26/h7-10,13-14H,3-6,11-12,15H2,1-2H3,(H,24,27). The topological polar surface area (TPSA) is 82.6 Å². The van der Waals surface area contributed by atoms with E-state index in [9.17, 15) is 13.2 Å². The summed E-state index contributed by atoms with van der Waals surface area (Å²) in [5.41, 5.74) is 0.976. The molecule has 162 valence electrons. The van der Waals surface area contributed by atoms with E-state index in [0.29, 0.717) is 0 Å². The van der Waals surface area contributed by atoms with Gasteiger partial charge in [0.25, 0.3) is 5.91 Å². The highest BCUT2D eigenvalue weighted by Crippen LogP contribution is 2.22. The molecule has 9 heteroatoms. The molecule has 1 N–H and O–H groups in total. The molecule has 0 radical (unpaired) electrons. The summed E-state index contributed by atoms with van der Waals surface area (Å²) < 4.78 is 25.7. The molecule has 1 saturated heterocycles. The predicted octanol–water partition coefficient (Wildman–Crippen LogP) is 3.30. The van der Waals surface area contributed by atoms with Crippen LogP contribution in [0.5, 0.6) is 0 Å². The number of pyridine rings is 1. The zero-order valence-corrected chi connectivity index (χ0v) is 18.8. The minimum atomic E-state index is -3.65. The van der Waals surface area contributed by atoms with Gasteiger partial charge in [-0.2, -0.15) is 0 Å². The van der Waals surface area contributed by atoms with Gasteiger partial charge in [-0.1, -0.05) is 30.5 Å². The monoisotopic (exact) mass is 450 g/mol. The van der Waals surface area contributed by atoms with Gasteiger partial charge in [0.2, 0.25) is 10.0 Å². The van der Waals surface area contributed by atoms with E-state index in [1.54, 1.807) is 6.20 Å². The first-order chi connectivity index (χ1) is 14.3. The third-order valence-electron chi connectivity index (χ3n) is 5.15. The van der Waals surface area contributed by atoms with Gasteiger partial charge in [-0.3, -0.25) is 4.79 Å². The van der Waals surface area contributed by atoms with E-state index < -0.39 is 15.9 Å². The van der Waals surface area contributed by atoms with Crippen LogP contribution in [0.25, 0.3) is 0 Å². The zero-order valence-electron chi connectivity index (χ0n) is 17.3. The number of amides is 1. The van der Waals surface area contributed by atoms with Gasteiger partial charge in [-0.25, -0.2) is 17.7 Å². The number of benzene rings is 1. The number of carbonyl (C=O) groups is 1. The van der Waals surface area contributed by atoms with Gasteiger partial charge in [0, 0.05) is 39.9 Å². The van der Waals surface area contributed by atoms with Crippen LogP contribution in [0.1, 0.15) is 41.6 Å². The first kappa shape index (κ1) is 22.5. The summed E-state index contributed by atoms with van der Waals surface area (Å²) in [6.07, 6.45) is 6.65. The van der Waals surface area contributed by atoms with E-state index in [0.717, 1.165) is 28.8 Å². The summed E-state index contributed by atoms with van der Waals surface area (Å²) in [5.74, 6) is 0.518. The third kappa shape index (κ3) is 5.30. The normalized spacial score (nSPS) is 15.1. The lowest BCUT2D eigenvalue weighted by atomic mass is 10.2.